The number of imidazole rings is 1. The molecule has 0 aliphatic heterocycles. The highest BCUT2D eigenvalue weighted by Gasteiger charge is 2.19. The molecule has 2 heterocycles. The Morgan fingerprint density at radius 3 is 2.55 bits per heavy atom. The van der Waals surface area contributed by atoms with E-state index >= 15 is 0 Å². The zero-order valence-electron chi connectivity index (χ0n) is 17.4. The molecular weight excluding hydrogens is 362 g/mol. The molecule has 1 saturated carbocycles. The molecular formula is C23H31N5O. The van der Waals surface area contributed by atoms with Gasteiger partial charge in [0.1, 0.15) is 0 Å². The molecule has 29 heavy (non-hydrogen) atoms. The molecule has 1 fully saturated rings. The van der Waals surface area contributed by atoms with Gasteiger partial charge in [0.05, 0.1) is 43.1 Å². The van der Waals surface area contributed by atoms with E-state index < -0.39 is 0 Å². The van der Waals surface area contributed by atoms with Crippen LogP contribution in [0.25, 0.3) is 11.3 Å². The third-order valence-corrected chi connectivity index (χ3v) is 6.04. The van der Waals surface area contributed by atoms with Crippen LogP contribution in [0.3, 0.4) is 0 Å². The summed E-state index contributed by atoms with van der Waals surface area (Å²) in [6.45, 7) is 0.0650. The minimum Gasteiger partial charge on any atom is -0.394 e. The monoisotopic (exact) mass is 393 g/mol. The molecule has 1 aliphatic rings. The van der Waals surface area contributed by atoms with Gasteiger partial charge in [0, 0.05) is 31.5 Å². The first-order chi connectivity index (χ1) is 14.2. The van der Waals surface area contributed by atoms with Crippen LogP contribution in [0.2, 0.25) is 0 Å². The number of aromatic nitrogens is 4. The van der Waals surface area contributed by atoms with Gasteiger partial charge in [-0.1, -0.05) is 31.4 Å². The molecule has 1 aliphatic carbocycles. The van der Waals surface area contributed by atoms with E-state index in [1.165, 1.54) is 43.4 Å². The summed E-state index contributed by atoms with van der Waals surface area (Å²) in [5.74, 6) is 0. The molecule has 4 rings (SSSR count). The second-order valence-electron chi connectivity index (χ2n) is 8.29. The molecule has 0 unspecified atom stereocenters. The third kappa shape index (κ3) is 4.37. The summed E-state index contributed by atoms with van der Waals surface area (Å²) in [6, 6.07) is 8.96. The molecule has 154 valence electrons. The number of aliphatic hydroxyl groups excluding tert-OH is 1. The summed E-state index contributed by atoms with van der Waals surface area (Å²) < 4.78 is 4.21. The third-order valence-electron chi connectivity index (χ3n) is 6.04. The van der Waals surface area contributed by atoms with Crippen LogP contribution in [0.4, 0.5) is 5.69 Å². The van der Waals surface area contributed by atoms with Crippen LogP contribution in [0.5, 0.6) is 0 Å². The quantitative estimate of drug-likeness (QED) is 0.657. The lowest BCUT2D eigenvalue weighted by molar-refractivity contribution is 0.228. The van der Waals surface area contributed by atoms with Gasteiger partial charge < -0.3 is 14.6 Å². The molecule has 1 atom stereocenters. The zero-order valence-corrected chi connectivity index (χ0v) is 17.4. The Labute approximate surface area is 172 Å². The maximum Gasteiger partial charge on any atom is 0.0954 e. The van der Waals surface area contributed by atoms with Gasteiger partial charge in [-0.3, -0.25) is 4.68 Å². The van der Waals surface area contributed by atoms with Crippen molar-refractivity contribution in [3.05, 3.63) is 54.7 Å². The van der Waals surface area contributed by atoms with Gasteiger partial charge in [0.2, 0.25) is 0 Å². The number of anilines is 1. The first-order valence-electron chi connectivity index (χ1n) is 10.6. The highest BCUT2D eigenvalue weighted by atomic mass is 16.3. The predicted octanol–water partition coefficient (Wildman–Crippen LogP) is 4.09. The van der Waals surface area contributed by atoms with Gasteiger partial charge in [0.25, 0.3) is 0 Å². The number of nitrogens with zero attached hydrogens (tertiary/aromatic N) is 5. The Hall–Kier alpha value is -2.60. The number of aliphatic hydroxyl groups is 1. The molecule has 1 aromatic carbocycles. The number of hydrogen-bond acceptors (Lipinski definition) is 4. The van der Waals surface area contributed by atoms with Crippen molar-refractivity contribution >= 4 is 5.69 Å². The first kappa shape index (κ1) is 19.7. The van der Waals surface area contributed by atoms with E-state index in [1.807, 2.05) is 32.8 Å². The highest BCUT2D eigenvalue weighted by Crippen LogP contribution is 2.30. The Kier molecular flexibility index (Phi) is 6.00. The van der Waals surface area contributed by atoms with Gasteiger partial charge in [-0.15, -0.1) is 0 Å². The predicted molar refractivity (Wildman–Crippen MR) is 116 cm³/mol. The second-order valence-corrected chi connectivity index (χ2v) is 8.29. The summed E-state index contributed by atoms with van der Waals surface area (Å²) in [4.78, 5) is 6.46. The SMILES string of the molecule is CN(C)c1ccc(C[C@@H](CO)n2cncc2-c2cnn(C3CCCCC3)c2)cc1. The topological polar surface area (TPSA) is 59.1 Å². The van der Waals surface area contributed by atoms with Crippen molar-refractivity contribution < 1.29 is 5.11 Å². The fraction of sp³-hybridized carbons (Fsp3) is 0.478. The maximum absolute atomic E-state index is 10.1. The number of benzene rings is 1. The van der Waals surface area contributed by atoms with Crippen LogP contribution >= 0.6 is 0 Å². The van der Waals surface area contributed by atoms with Crippen LogP contribution < -0.4 is 4.90 Å². The molecule has 0 amide bonds. The van der Waals surface area contributed by atoms with Crippen molar-refractivity contribution in [3.63, 3.8) is 0 Å². The molecule has 0 saturated heterocycles. The Balaban J connectivity index is 1.53. The largest absolute Gasteiger partial charge is 0.394 e. The van der Waals surface area contributed by atoms with Gasteiger partial charge in [-0.2, -0.15) is 5.10 Å². The van der Waals surface area contributed by atoms with Crippen LogP contribution in [0, 0.1) is 0 Å². The molecule has 2 aromatic heterocycles. The maximum atomic E-state index is 10.1. The lowest BCUT2D eigenvalue weighted by Crippen LogP contribution is -2.16. The van der Waals surface area contributed by atoms with E-state index in [-0.39, 0.29) is 12.6 Å². The molecule has 0 radical (unpaired) electrons. The van der Waals surface area contributed by atoms with Crippen molar-refractivity contribution in [2.75, 3.05) is 25.6 Å². The average Bonchev–Trinajstić information content (AvgIpc) is 3.42. The van der Waals surface area contributed by atoms with E-state index in [1.54, 1.807) is 0 Å². The van der Waals surface area contributed by atoms with Gasteiger partial charge in [-0.25, -0.2) is 4.98 Å². The summed E-state index contributed by atoms with van der Waals surface area (Å²) in [7, 11) is 4.08. The van der Waals surface area contributed by atoms with Crippen LogP contribution in [-0.4, -0.2) is 45.1 Å². The molecule has 0 spiro atoms. The Morgan fingerprint density at radius 1 is 1.10 bits per heavy atom. The van der Waals surface area contributed by atoms with Crippen LogP contribution in [-0.2, 0) is 6.42 Å². The van der Waals surface area contributed by atoms with Gasteiger partial charge >= 0.3 is 0 Å². The minimum atomic E-state index is -0.0595. The minimum absolute atomic E-state index is 0.0595. The summed E-state index contributed by atoms with van der Waals surface area (Å²) in [5, 5.41) is 14.7. The molecule has 1 N–H and O–H groups in total. The molecule has 3 aromatic rings. The summed E-state index contributed by atoms with van der Waals surface area (Å²) >= 11 is 0. The Bertz CT molecular complexity index is 906. The molecule has 0 bridgehead atoms. The summed E-state index contributed by atoms with van der Waals surface area (Å²) in [6.07, 6.45) is 14.9. The molecule has 6 heteroatoms. The zero-order chi connectivity index (χ0) is 20.2. The highest BCUT2D eigenvalue weighted by molar-refractivity contribution is 5.57. The van der Waals surface area contributed by atoms with Crippen molar-refractivity contribution in [1.82, 2.24) is 19.3 Å². The normalized spacial score (nSPS) is 16.1. The van der Waals surface area contributed by atoms with E-state index in [2.05, 4.69) is 54.7 Å². The van der Waals surface area contributed by atoms with Crippen molar-refractivity contribution in [3.8, 4) is 11.3 Å². The van der Waals surface area contributed by atoms with Gasteiger partial charge in [-0.05, 0) is 37.0 Å². The first-order valence-corrected chi connectivity index (χ1v) is 10.6. The van der Waals surface area contributed by atoms with Gasteiger partial charge in [0.15, 0.2) is 0 Å². The van der Waals surface area contributed by atoms with E-state index in [0.717, 1.165) is 17.7 Å². The Morgan fingerprint density at radius 2 is 1.86 bits per heavy atom. The van der Waals surface area contributed by atoms with E-state index in [4.69, 9.17) is 0 Å². The van der Waals surface area contributed by atoms with Crippen molar-refractivity contribution in [1.29, 1.82) is 0 Å². The molecule has 6 nitrogen and oxygen atoms in total. The van der Waals surface area contributed by atoms with E-state index in [0.29, 0.717) is 6.04 Å². The van der Waals surface area contributed by atoms with Crippen molar-refractivity contribution in [2.45, 2.75) is 50.6 Å². The lowest BCUT2D eigenvalue weighted by atomic mass is 9.96. The second kappa shape index (κ2) is 8.82. The summed E-state index contributed by atoms with van der Waals surface area (Å²) in [5.41, 5.74) is 4.45. The van der Waals surface area contributed by atoms with E-state index in [9.17, 15) is 5.11 Å². The van der Waals surface area contributed by atoms with Crippen molar-refractivity contribution in [2.24, 2.45) is 0 Å². The van der Waals surface area contributed by atoms with Crippen LogP contribution in [0.15, 0.2) is 49.2 Å². The lowest BCUT2D eigenvalue weighted by Gasteiger charge is -2.22. The number of hydrogen-bond donors (Lipinski definition) is 1. The smallest absolute Gasteiger partial charge is 0.0954 e. The van der Waals surface area contributed by atoms with Crippen LogP contribution in [0.1, 0.15) is 49.8 Å². The fourth-order valence-electron chi connectivity index (χ4n) is 4.29. The standard InChI is InChI=1S/C23H31N5O/c1-26(2)20-10-8-18(9-11-20)12-22(16-29)27-17-24-14-23(27)19-13-25-28(15-19)21-6-4-3-5-7-21/h8-11,13-15,17,21-22,29H,3-7,12,16H2,1-2H3/t22-/m0/s1. The average molecular weight is 394 g/mol. The fourth-order valence-corrected chi connectivity index (χ4v) is 4.29. The number of rotatable bonds is 7.